The number of aromatic nitrogens is 1. The highest BCUT2D eigenvalue weighted by Crippen LogP contribution is 2.27. The van der Waals surface area contributed by atoms with E-state index in [-0.39, 0.29) is 5.84 Å². The molecule has 0 aromatic carbocycles. The van der Waals surface area contributed by atoms with Crippen LogP contribution in [0.3, 0.4) is 0 Å². The number of amidine groups is 1. The number of rotatable bonds is 2. The predicted molar refractivity (Wildman–Crippen MR) is 80.0 cm³/mol. The van der Waals surface area contributed by atoms with E-state index in [9.17, 15) is 0 Å². The van der Waals surface area contributed by atoms with Gasteiger partial charge in [0.15, 0.2) is 0 Å². The first kappa shape index (κ1) is 13.8. The van der Waals surface area contributed by atoms with E-state index in [4.69, 9.17) is 11.1 Å². The van der Waals surface area contributed by atoms with Gasteiger partial charge >= 0.3 is 0 Å². The zero-order chi connectivity index (χ0) is 14.0. The smallest absolute Gasteiger partial charge is 0.140 e. The van der Waals surface area contributed by atoms with E-state index in [1.54, 1.807) is 0 Å². The number of hydrogen-bond donors (Lipinski definition) is 2. The molecule has 1 aliphatic rings. The van der Waals surface area contributed by atoms with Crippen LogP contribution in [0.5, 0.6) is 0 Å². The van der Waals surface area contributed by atoms with Crippen LogP contribution < -0.4 is 10.6 Å². The predicted octanol–water partition coefficient (Wildman–Crippen LogP) is 2.75. The number of nitrogens with one attached hydrogen (secondary N) is 1. The fourth-order valence-electron chi connectivity index (χ4n) is 2.95. The summed E-state index contributed by atoms with van der Waals surface area (Å²) in [6.45, 7) is 7.27. The van der Waals surface area contributed by atoms with Gasteiger partial charge in [0.25, 0.3) is 0 Å². The van der Waals surface area contributed by atoms with E-state index in [2.05, 4.69) is 16.8 Å². The second-order valence-corrected chi connectivity index (χ2v) is 5.58. The maximum absolute atomic E-state index is 7.84. The fraction of sp³-hybridized carbons (Fsp3) is 0.600. The second-order valence-electron chi connectivity index (χ2n) is 5.58. The summed E-state index contributed by atoms with van der Waals surface area (Å²) in [5.41, 5.74) is 8.62. The van der Waals surface area contributed by atoms with E-state index in [0.29, 0.717) is 6.04 Å². The lowest BCUT2D eigenvalue weighted by molar-refractivity contribution is 0.610. The minimum absolute atomic E-state index is 0.122. The fourth-order valence-corrected chi connectivity index (χ4v) is 2.95. The van der Waals surface area contributed by atoms with Gasteiger partial charge < -0.3 is 10.6 Å². The Hall–Kier alpha value is -1.58. The van der Waals surface area contributed by atoms with Crippen molar-refractivity contribution in [3.05, 3.63) is 22.9 Å². The SMILES string of the molecule is Cc1cc(C)c(C(=N)N)c(N2CCCCCC2C)n1. The van der Waals surface area contributed by atoms with Gasteiger partial charge in [-0.2, -0.15) is 0 Å². The number of hydrogen-bond acceptors (Lipinski definition) is 3. The van der Waals surface area contributed by atoms with Gasteiger partial charge in [0.05, 0.1) is 5.56 Å². The highest BCUT2D eigenvalue weighted by Gasteiger charge is 2.23. The number of nitrogens with zero attached hydrogens (tertiary/aromatic N) is 2. The molecule has 0 spiro atoms. The largest absolute Gasteiger partial charge is 0.384 e. The van der Waals surface area contributed by atoms with E-state index < -0.39 is 0 Å². The van der Waals surface area contributed by atoms with Gasteiger partial charge in [0.2, 0.25) is 0 Å². The van der Waals surface area contributed by atoms with Crippen LogP contribution in [0.4, 0.5) is 5.82 Å². The molecule has 1 atom stereocenters. The molecule has 2 heterocycles. The lowest BCUT2D eigenvalue weighted by Crippen LogP contribution is -2.35. The minimum Gasteiger partial charge on any atom is -0.384 e. The summed E-state index contributed by atoms with van der Waals surface area (Å²) in [7, 11) is 0. The Labute approximate surface area is 115 Å². The van der Waals surface area contributed by atoms with Crippen LogP contribution in [0.2, 0.25) is 0 Å². The molecular formula is C15H24N4. The van der Waals surface area contributed by atoms with Crippen molar-refractivity contribution in [2.45, 2.75) is 52.5 Å². The van der Waals surface area contributed by atoms with Gasteiger partial charge in [0.1, 0.15) is 11.7 Å². The average molecular weight is 260 g/mol. The molecule has 4 nitrogen and oxygen atoms in total. The molecule has 1 fully saturated rings. The van der Waals surface area contributed by atoms with Gasteiger partial charge in [-0.05, 0) is 45.2 Å². The molecule has 2 rings (SSSR count). The topological polar surface area (TPSA) is 66.0 Å². The first-order valence-electron chi connectivity index (χ1n) is 7.10. The van der Waals surface area contributed by atoms with Gasteiger partial charge in [-0.3, -0.25) is 5.41 Å². The van der Waals surface area contributed by atoms with Crippen LogP contribution in [0.25, 0.3) is 0 Å². The Kier molecular flexibility index (Phi) is 4.08. The van der Waals surface area contributed by atoms with Crippen LogP contribution in [0.1, 0.15) is 49.4 Å². The molecule has 1 aromatic heterocycles. The molecule has 0 bridgehead atoms. The standard InChI is InChI=1S/C15H24N4/c1-10-9-11(2)18-15(13(10)14(16)17)19-8-6-4-5-7-12(19)3/h9,12H,4-8H2,1-3H3,(H3,16,17). The van der Waals surface area contributed by atoms with E-state index >= 15 is 0 Å². The van der Waals surface area contributed by atoms with E-state index in [0.717, 1.165) is 29.2 Å². The van der Waals surface area contributed by atoms with Crippen LogP contribution >= 0.6 is 0 Å². The minimum atomic E-state index is 0.122. The highest BCUT2D eigenvalue weighted by atomic mass is 15.2. The molecule has 0 saturated carbocycles. The van der Waals surface area contributed by atoms with Crippen molar-refractivity contribution in [2.24, 2.45) is 5.73 Å². The lowest BCUT2D eigenvalue weighted by atomic mass is 10.1. The Bertz CT molecular complexity index is 481. The van der Waals surface area contributed by atoms with E-state index in [1.807, 2.05) is 19.9 Å². The first-order chi connectivity index (χ1) is 9.00. The summed E-state index contributed by atoms with van der Waals surface area (Å²) in [5, 5.41) is 7.84. The Balaban J connectivity index is 2.49. The third-order valence-corrected chi connectivity index (χ3v) is 3.92. The molecule has 1 saturated heterocycles. The number of nitrogen functional groups attached to an aromatic ring is 1. The second kappa shape index (κ2) is 5.59. The van der Waals surface area contributed by atoms with Crippen molar-refractivity contribution >= 4 is 11.7 Å². The van der Waals surface area contributed by atoms with Crippen molar-refractivity contribution < 1.29 is 0 Å². The molecule has 0 amide bonds. The highest BCUT2D eigenvalue weighted by molar-refractivity contribution is 6.01. The van der Waals surface area contributed by atoms with Crippen LogP contribution in [-0.2, 0) is 0 Å². The normalized spacial score (nSPS) is 20.2. The van der Waals surface area contributed by atoms with Gasteiger partial charge in [0, 0.05) is 18.3 Å². The molecule has 104 valence electrons. The summed E-state index contributed by atoms with van der Waals surface area (Å²) in [5.74, 6) is 1.02. The third kappa shape index (κ3) is 2.88. The molecule has 0 aliphatic carbocycles. The molecule has 1 aliphatic heterocycles. The number of pyridine rings is 1. The van der Waals surface area contributed by atoms with Crippen LogP contribution in [0.15, 0.2) is 6.07 Å². The van der Waals surface area contributed by atoms with Crippen molar-refractivity contribution in [3.8, 4) is 0 Å². The van der Waals surface area contributed by atoms with E-state index in [1.165, 1.54) is 25.7 Å². The molecule has 19 heavy (non-hydrogen) atoms. The van der Waals surface area contributed by atoms with Crippen LogP contribution in [-0.4, -0.2) is 23.4 Å². The zero-order valence-electron chi connectivity index (χ0n) is 12.2. The van der Waals surface area contributed by atoms with Crippen molar-refractivity contribution in [1.82, 2.24) is 4.98 Å². The molecular weight excluding hydrogens is 236 g/mol. The van der Waals surface area contributed by atoms with Crippen LogP contribution in [0, 0.1) is 19.3 Å². The average Bonchev–Trinajstić information content (AvgIpc) is 2.52. The molecule has 3 N–H and O–H groups in total. The number of aryl methyl sites for hydroxylation is 2. The molecule has 4 heteroatoms. The number of nitrogens with two attached hydrogens (primary N) is 1. The van der Waals surface area contributed by atoms with Gasteiger partial charge in [-0.1, -0.05) is 12.8 Å². The Morgan fingerprint density at radius 1 is 1.37 bits per heavy atom. The summed E-state index contributed by atoms with van der Waals surface area (Å²) in [4.78, 5) is 7.01. The van der Waals surface area contributed by atoms with Crippen molar-refractivity contribution in [1.29, 1.82) is 5.41 Å². The van der Waals surface area contributed by atoms with Crippen molar-refractivity contribution in [2.75, 3.05) is 11.4 Å². The molecule has 0 radical (unpaired) electrons. The zero-order valence-corrected chi connectivity index (χ0v) is 12.2. The monoisotopic (exact) mass is 260 g/mol. The maximum Gasteiger partial charge on any atom is 0.140 e. The maximum atomic E-state index is 7.84. The summed E-state index contributed by atoms with van der Waals surface area (Å²) >= 11 is 0. The van der Waals surface area contributed by atoms with Crippen molar-refractivity contribution in [3.63, 3.8) is 0 Å². The summed E-state index contributed by atoms with van der Waals surface area (Å²) in [6.07, 6.45) is 4.93. The molecule has 1 unspecified atom stereocenters. The van der Waals surface area contributed by atoms with Gasteiger partial charge in [-0.25, -0.2) is 4.98 Å². The number of anilines is 1. The summed E-state index contributed by atoms with van der Waals surface area (Å²) in [6, 6.07) is 2.47. The third-order valence-electron chi connectivity index (χ3n) is 3.92. The summed E-state index contributed by atoms with van der Waals surface area (Å²) < 4.78 is 0. The Morgan fingerprint density at radius 2 is 2.11 bits per heavy atom. The lowest BCUT2D eigenvalue weighted by Gasteiger charge is -2.30. The first-order valence-corrected chi connectivity index (χ1v) is 7.10. The quantitative estimate of drug-likeness (QED) is 0.634. The molecule has 1 aromatic rings. The van der Waals surface area contributed by atoms with Gasteiger partial charge in [-0.15, -0.1) is 0 Å². The Morgan fingerprint density at radius 3 is 2.79 bits per heavy atom.